The van der Waals surface area contributed by atoms with Crippen LogP contribution in [-0.4, -0.2) is 16.6 Å². The first-order valence-corrected chi connectivity index (χ1v) is 5.24. The topological polar surface area (TPSA) is 26.3 Å². The lowest BCUT2D eigenvalue weighted by atomic mass is 10.2. The Morgan fingerprint density at radius 2 is 2.17 bits per heavy atom. The summed E-state index contributed by atoms with van der Waals surface area (Å²) < 4.78 is 16.8. The van der Waals surface area contributed by atoms with Crippen LogP contribution in [0, 0.1) is 0 Å². The average Bonchev–Trinajstić information content (AvgIpc) is 2.29. The monoisotopic (exact) mass is 182 g/mol. The van der Waals surface area contributed by atoms with E-state index in [0.29, 0.717) is 19.0 Å². The Hall–Kier alpha value is -0.670. The molecule has 1 aliphatic heterocycles. The standard InChI is InChI=1S/C9H10O2S/c10-12-6-5-11-7-8-3-1-2-4-9(8)12/h1-4H,5-7H2. The van der Waals surface area contributed by atoms with Gasteiger partial charge in [0, 0.05) is 4.90 Å². The highest BCUT2D eigenvalue weighted by Crippen LogP contribution is 2.17. The quantitative estimate of drug-likeness (QED) is 0.605. The normalized spacial score (nSPS) is 22.8. The molecule has 2 nitrogen and oxygen atoms in total. The van der Waals surface area contributed by atoms with Crippen molar-refractivity contribution in [2.75, 3.05) is 12.4 Å². The average molecular weight is 182 g/mol. The van der Waals surface area contributed by atoms with Crippen molar-refractivity contribution in [1.29, 1.82) is 0 Å². The molecule has 0 saturated carbocycles. The van der Waals surface area contributed by atoms with Crippen LogP contribution in [0.2, 0.25) is 0 Å². The summed E-state index contributed by atoms with van der Waals surface area (Å²) >= 11 is 0. The van der Waals surface area contributed by atoms with E-state index >= 15 is 0 Å². The molecular formula is C9H10O2S. The van der Waals surface area contributed by atoms with Gasteiger partial charge in [-0.25, -0.2) is 0 Å². The summed E-state index contributed by atoms with van der Waals surface area (Å²) in [5.41, 5.74) is 1.06. The molecule has 0 saturated heterocycles. The highest BCUT2D eigenvalue weighted by Gasteiger charge is 2.12. The lowest BCUT2D eigenvalue weighted by Gasteiger charge is -2.01. The zero-order valence-corrected chi connectivity index (χ0v) is 7.47. The molecule has 1 heterocycles. The van der Waals surface area contributed by atoms with Gasteiger partial charge in [-0.1, -0.05) is 18.2 Å². The van der Waals surface area contributed by atoms with Crippen molar-refractivity contribution in [3.63, 3.8) is 0 Å². The van der Waals surface area contributed by atoms with Gasteiger partial charge in [-0.3, -0.25) is 4.21 Å². The van der Waals surface area contributed by atoms with Crippen LogP contribution in [0.15, 0.2) is 29.2 Å². The lowest BCUT2D eigenvalue weighted by molar-refractivity contribution is 0.137. The zero-order valence-electron chi connectivity index (χ0n) is 6.66. The summed E-state index contributed by atoms with van der Waals surface area (Å²) in [5, 5.41) is 0. The fourth-order valence-corrected chi connectivity index (χ4v) is 2.41. The van der Waals surface area contributed by atoms with E-state index in [1.807, 2.05) is 24.3 Å². The second kappa shape index (κ2) is 3.37. The van der Waals surface area contributed by atoms with Gasteiger partial charge in [-0.05, 0) is 11.6 Å². The van der Waals surface area contributed by atoms with E-state index in [0.717, 1.165) is 10.5 Å². The first-order valence-electron chi connectivity index (χ1n) is 3.92. The Morgan fingerprint density at radius 3 is 3.08 bits per heavy atom. The third-order valence-electron chi connectivity index (χ3n) is 1.89. The van der Waals surface area contributed by atoms with Gasteiger partial charge in [0.1, 0.15) is 0 Å². The Labute approximate surface area is 74.0 Å². The van der Waals surface area contributed by atoms with E-state index < -0.39 is 10.8 Å². The number of benzene rings is 1. The summed E-state index contributed by atoms with van der Waals surface area (Å²) in [7, 11) is -0.858. The van der Waals surface area contributed by atoms with Crippen LogP contribution in [0.4, 0.5) is 0 Å². The predicted molar refractivity (Wildman–Crippen MR) is 47.4 cm³/mol. The summed E-state index contributed by atoms with van der Waals surface area (Å²) in [5.74, 6) is 0.622. The molecule has 3 heteroatoms. The highest BCUT2D eigenvalue weighted by molar-refractivity contribution is 7.85. The van der Waals surface area contributed by atoms with Gasteiger partial charge >= 0.3 is 0 Å². The molecule has 0 amide bonds. The van der Waals surface area contributed by atoms with Crippen LogP contribution in [0.1, 0.15) is 5.56 Å². The maximum Gasteiger partial charge on any atom is 0.0729 e. The Morgan fingerprint density at radius 1 is 1.33 bits per heavy atom. The van der Waals surface area contributed by atoms with Crippen LogP contribution in [0.3, 0.4) is 0 Å². The second-order valence-corrected chi connectivity index (χ2v) is 4.25. The van der Waals surface area contributed by atoms with E-state index in [4.69, 9.17) is 4.74 Å². The summed E-state index contributed by atoms with van der Waals surface area (Å²) in [6.45, 7) is 1.20. The molecule has 1 aliphatic rings. The SMILES string of the molecule is O=S1CCOCc2ccccc21. The predicted octanol–water partition coefficient (Wildman–Crippen LogP) is 1.32. The molecule has 2 rings (SSSR count). The second-order valence-electron chi connectivity index (χ2n) is 2.71. The maximum absolute atomic E-state index is 11.5. The minimum atomic E-state index is -0.858. The molecule has 0 radical (unpaired) electrons. The Balaban J connectivity index is 2.46. The van der Waals surface area contributed by atoms with Gasteiger partial charge in [-0.2, -0.15) is 0 Å². The van der Waals surface area contributed by atoms with Gasteiger partial charge in [0.05, 0.1) is 29.8 Å². The van der Waals surface area contributed by atoms with Crippen LogP contribution < -0.4 is 0 Å². The first-order chi connectivity index (χ1) is 5.88. The first kappa shape index (κ1) is 7.95. The van der Waals surface area contributed by atoms with E-state index in [1.54, 1.807) is 0 Å². The molecule has 0 bridgehead atoms. The van der Waals surface area contributed by atoms with Crippen LogP contribution in [-0.2, 0) is 22.1 Å². The van der Waals surface area contributed by atoms with E-state index in [9.17, 15) is 4.21 Å². The fourth-order valence-electron chi connectivity index (χ4n) is 1.27. The molecule has 0 aromatic heterocycles. The Bertz CT molecular complexity index is 309. The van der Waals surface area contributed by atoms with Crippen LogP contribution >= 0.6 is 0 Å². The number of hydrogen-bond acceptors (Lipinski definition) is 2. The van der Waals surface area contributed by atoms with Crippen molar-refractivity contribution in [3.8, 4) is 0 Å². The maximum atomic E-state index is 11.5. The molecule has 1 aromatic rings. The Kier molecular flexibility index (Phi) is 2.23. The molecule has 64 valence electrons. The molecule has 12 heavy (non-hydrogen) atoms. The minimum Gasteiger partial charge on any atom is -0.376 e. The van der Waals surface area contributed by atoms with Crippen molar-refractivity contribution in [2.45, 2.75) is 11.5 Å². The van der Waals surface area contributed by atoms with E-state index in [2.05, 4.69) is 0 Å². The van der Waals surface area contributed by atoms with Crippen molar-refractivity contribution in [3.05, 3.63) is 29.8 Å². The van der Waals surface area contributed by atoms with Crippen LogP contribution in [0.5, 0.6) is 0 Å². The summed E-state index contributed by atoms with van der Waals surface area (Å²) in [6, 6.07) is 7.76. The highest BCUT2D eigenvalue weighted by atomic mass is 32.2. The van der Waals surface area contributed by atoms with Gasteiger partial charge < -0.3 is 4.74 Å². The largest absolute Gasteiger partial charge is 0.376 e. The molecule has 0 fully saturated rings. The lowest BCUT2D eigenvalue weighted by Crippen LogP contribution is -2.00. The molecule has 1 unspecified atom stereocenters. The number of rotatable bonds is 0. The number of fused-ring (bicyclic) bond motifs is 1. The summed E-state index contributed by atoms with van der Waals surface area (Å²) in [4.78, 5) is 0.940. The molecule has 1 atom stereocenters. The molecule has 0 aliphatic carbocycles. The molecular weight excluding hydrogens is 172 g/mol. The smallest absolute Gasteiger partial charge is 0.0729 e. The zero-order chi connectivity index (χ0) is 8.39. The van der Waals surface area contributed by atoms with Crippen molar-refractivity contribution < 1.29 is 8.95 Å². The molecule has 1 aromatic carbocycles. The third-order valence-corrected chi connectivity index (χ3v) is 3.31. The van der Waals surface area contributed by atoms with Gasteiger partial charge in [-0.15, -0.1) is 0 Å². The van der Waals surface area contributed by atoms with Crippen LogP contribution in [0.25, 0.3) is 0 Å². The third kappa shape index (κ3) is 1.42. The van der Waals surface area contributed by atoms with E-state index in [-0.39, 0.29) is 0 Å². The van der Waals surface area contributed by atoms with Gasteiger partial charge in [0.15, 0.2) is 0 Å². The molecule has 0 N–H and O–H groups in total. The molecule has 0 spiro atoms. The van der Waals surface area contributed by atoms with Crippen molar-refractivity contribution in [2.24, 2.45) is 0 Å². The van der Waals surface area contributed by atoms with Gasteiger partial charge in [0.2, 0.25) is 0 Å². The van der Waals surface area contributed by atoms with E-state index in [1.165, 1.54) is 0 Å². The number of ether oxygens (including phenoxy) is 1. The summed E-state index contributed by atoms with van der Waals surface area (Å²) in [6.07, 6.45) is 0. The minimum absolute atomic E-state index is 0.599. The van der Waals surface area contributed by atoms with Crippen molar-refractivity contribution in [1.82, 2.24) is 0 Å². The number of hydrogen-bond donors (Lipinski definition) is 0. The van der Waals surface area contributed by atoms with Gasteiger partial charge in [0.25, 0.3) is 0 Å². The van der Waals surface area contributed by atoms with Crippen molar-refractivity contribution >= 4 is 10.8 Å². The fraction of sp³-hybridized carbons (Fsp3) is 0.333.